The molecule has 16 heavy (non-hydrogen) atoms. The topological polar surface area (TPSA) is 58.0 Å². The van der Waals surface area contributed by atoms with Crippen molar-refractivity contribution in [1.29, 1.82) is 0 Å². The molecule has 1 rings (SSSR count). The van der Waals surface area contributed by atoms with Crippen LogP contribution in [0, 0.1) is 0 Å². The maximum atomic E-state index is 11.8. The van der Waals surface area contributed by atoms with Crippen molar-refractivity contribution in [3.05, 3.63) is 46.3 Å². The van der Waals surface area contributed by atoms with Gasteiger partial charge in [-0.2, -0.15) is 8.78 Å². The normalized spacial score (nSPS) is 10.4. The van der Waals surface area contributed by atoms with E-state index in [0.717, 1.165) is 5.56 Å². The summed E-state index contributed by atoms with van der Waals surface area (Å²) in [6.45, 7) is -2.56. The predicted molar refractivity (Wildman–Crippen MR) is 56.1 cm³/mol. The van der Waals surface area contributed by atoms with Gasteiger partial charge in [0.25, 0.3) is 0 Å². The Morgan fingerprint density at radius 1 is 1.38 bits per heavy atom. The van der Waals surface area contributed by atoms with Gasteiger partial charge in [0.2, 0.25) is 0 Å². The SMILES string of the molecule is [N-]=[N+]=NCC=Cc1ccc(OC(F)F)cc1. The summed E-state index contributed by atoms with van der Waals surface area (Å²) in [5.74, 6) is 0.113. The van der Waals surface area contributed by atoms with Gasteiger partial charge in [0.05, 0.1) is 0 Å². The van der Waals surface area contributed by atoms with Crippen molar-refractivity contribution in [3.8, 4) is 5.75 Å². The monoisotopic (exact) mass is 225 g/mol. The maximum Gasteiger partial charge on any atom is 0.387 e. The molecule has 1 aromatic carbocycles. The number of nitrogens with zero attached hydrogens (tertiary/aromatic N) is 3. The Balaban J connectivity index is 2.57. The highest BCUT2D eigenvalue weighted by Gasteiger charge is 2.02. The molecule has 0 heterocycles. The first-order valence-electron chi connectivity index (χ1n) is 4.44. The lowest BCUT2D eigenvalue weighted by atomic mass is 10.2. The van der Waals surface area contributed by atoms with E-state index in [1.54, 1.807) is 24.3 Å². The fraction of sp³-hybridized carbons (Fsp3) is 0.200. The predicted octanol–water partition coefficient (Wildman–Crippen LogP) is 3.61. The first kappa shape index (κ1) is 12.0. The van der Waals surface area contributed by atoms with Gasteiger partial charge in [0, 0.05) is 11.5 Å². The molecule has 0 radical (unpaired) electrons. The third-order valence-corrected chi connectivity index (χ3v) is 1.67. The number of ether oxygens (including phenoxy) is 1. The highest BCUT2D eigenvalue weighted by atomic mass is 19.3. The zero-order chi connectivity index (χ0) is 11.8. The van der Waals surface area contributed by atoms with Crippen molar-refractivity contribution in [2.24, 2.45) is 5.11 Å². The Morgan fingerprint density at radius 2 is 2.06 bits per heavy atom. The molecular weight excluding hydrogens is 216 g/mol. The number of hydrogen-bond acceptors (Lipinski definition) is 2. The molecule has 6 heteroatoms. The third kappa shape index (κ3) is 4.43. The minimum atomic E-state index is -2.81. The van der Waals surface area contributed by atoms with Crippen LogP contribution in [0.2, 0.25) is 0 Å². The van der Waals surface area contributed by atoms with Crippen LogP contribution in [0.1, 0.15) is 5.56 Å². The van der Waals surface area contributed by atoms with Gasteiger partial charge in [0.1, 0.15) is 5.75 Å². The van der Waals surface area contributed by atoms with Crippen LogP contribution in [0.5, 0.6) is 5.75 Å². The molecule has 0 aliphatic carbocycles. The van der Waals surface area contributed by atoms with Gasteiger partial charge in [-0.15, -0.1) is 0 Å². The average molecular weight is 225 g/mol. The number of azide groups is 1. The average Bonchev–Trinajstić information content (AvgIpc) is 2.26. The van der Waals surface area contributed by atoms with Crippen molar-refractivity contribution in [2.75, 3.05) is 6.54 Å². The second-order valence-electron chi connectivity index (χ2n) is 2.76. The van der Waals surface area contributed by atoms with Crippen molar-refractivity contribution in [3.63, 3.8) is 0 Å². The third-order valence-electron chi connectivity index (χ3n) is 1.67. The molecule has 0 aliphatic heterocycles. The maximum absolute atomic E-state index is 11.8. The minimum absolute atomic E-state index is 0.113. The number of hydrogen-bond donors (Lipinski definition) is 0. The van der Waals surface area contributed by atoms with Crippen LogP contribution in [-0.2, 0) is 0 Å². The summed E-state index contributed by atoms with van der Waals surface area (Å²) >= 11 is 0. The molecule has 0 saturated heterocycles. The lowest BCUT2D eigenvalue weighted by molar-refractivity contribution is -0.0498. The Bertz CT molecular complexity index is 397. The van der Waals surface area contributed by atoms with E-state index in [1.165, 1.54) is 12.1 Å². The standard InChI is InChI=1S/C10H9F2N3O/c11-10(12)16-9-5-3-8(4-6-9)2-1-7-14-15-13/h1-6,10H,7H2. The van der Waals surface area contributed by atoms with Gasteiger partial charge in [-0.25, -0.2) is 0 Å². The van der Waals surface area contributed by atoms with E-state index in [2.05, 4.69) is 14.8 Å². The van der Waals surface area contributed by atoms with E-state index in [4.69, 9.17) is 5.53 Å². The molecule has 84 valence electrons. The molecule has 0 spiro atoms. The molecule has 0 atom stereocenters. The lowest BCUT2D eigenvalue weighted by Gasteiger charge is -2.03. The summed E-state index contributed by atoms with van der Waals surface area (Å²) < 4.78 is 27.8. The second-order valence-corrected chi connectivity index (χ2v) is 2.76. The Hall–Kier alpha value is -2.07. The van der Waals surface area contributed by atoms with Crippen molar-refractivity contribution < 1.29 is 13.5 Å². The number of benzene rings is 1. The van der Waals surface area contributed by atoms with E-state index in [9.17, 15) is 8.78 Å². The van der Waals surface area contributed by atoms with Gasteiger partial charge in [-0.05, 0) is 23.2 Å². The van der Waals surface area contributed by atoms with Crippen LogP contribution in [0.4, 0.5) is 8.78 Å². The first-order valence-corrected chi connectivity index (χ1v) is 4.44. The number of rotatable bonds is 5. The summed E-state index contributed by atoms with van der Waals surface area (Å²) in [6.07, 6.45) is 3.39. The molecule has 0 unspecified atom stereocenters. The second kappa shape index (κ2) is 6.42. The van der Waals surface area contributed by atoms with E-state index in [1.807, 2.05) is 0 Å². The summed E-state index contributed by atoms with van der Waals surface area (Å²) in [5.41, 5.74) is 8.84. The van der Waals surface area contributed by atoms with Gasteiger partial charge in [0.15, 0.2) is 0 Å². The molecule has 0 saturated carbocycles. The zero-order valence-electron chi connectivity index (χ0n) is 8.25. The fourth-order valence-electron chi connectivity index (χ4n) is 1.03. The molecule has 1 aromatic rings. The van der Waals surface area contributed by atoms with Gasteiger partial charge >= 0.3 is 6.61 Å². The van der Waals surface area contributed by atoms with E-state index in [0.29, 0.717) is 0 Å². The van der Waals surface area contributed by atoms with E-state index < -0.39 is 6.61 Å². The van der Waals surface area contributed by atoms with Crippen molar-refractivity contribution >= 4 is 6.08 Å². The summed E-state index contributed by atoms with van der Waals surface area (Å²) in [7, 11) is 0. The first-order chi connectivity index (χ1) is 7.72. The molecular formula is C10H9F2N3O. The highest BCUT2D eigenvalue weighted by Crippen LogP contribution is 2.15. The lowest BCUT2D eigenvalue weighted by Crippen LogP contribution is -2.01. The molecule has 0 bridgehead atoms. The van der Waals surface area contributed by atoms with Crippen LogP contribution in [0.15, 0.2) is 35.5 Å². The largest absolute Gasteiger partial charge is 0.435 e. The Labute approximate surface area is 90.8 Å². The molecule has 4 nitrogen and oxygen atoms in total. The van der Waals surface area contributed by atoms with Crippen LogP contribution in [0.25, 0.3) is 16.5 Å². The Kier molecular flexibility index (Phi) is 4.82. The summed E-state index contributed by atoms with van der Waals surface area (Å²) in [4.78, 5) is 2.58. The van der Waals surface area contributed by atoms with E-state index >= 15 is 0 Å². The van der Waals surface area contributed by atoms with Crippen LogP contribution in [-0.4, -0.2) is 13.2 Å². The quantitative estimate of drug-likeness (QED) is 0.429. The summed E-state index contributed by atoms with van der Waals surface area (Å²) in [5, 5.41) is 3.31. The molecule has 0 aliphatic rings. The number of halogens is 2. The Morgan fingerprint density at radius 3 is 2.62 bits per heavy atom. The fourth-order valence-corrected chi connectivity index (χ4v) is 1.03. The molecule has 0 N–H and O–H groups in total. The smallest absolute Gasteiger partial charge is 0.387 e. The zero-order valence-corrected chi connectivity index (χ0v) is 8.25. The molecule has 0 amide bonds. The summed E-state index contributed by atoms with van der Waals surface area (Å²) in [6, 6.07) is 6.15. The van der Waals surface area contributed by atoms with Gasteiger partial charge in [-0.3, -0.25) is 0 Å². The van der Waals surface area contributed by atoms with Crippen LogP contribution in [0.3, 0.4) is 0 Å². The van der Waals surface area contributed by atoms with Crippen LogP contribution >= 0.6 is 0 Å². The minimum Gasteiger partial charge on any atom is -0.435 e. The van der Waals surface area contributed by atoms with Crippen molar-refractivity contribution in [1.82, 2.24) is 0 Å². The van der Waals surface area contributed by atoms with Crippen LogP contribution < -0.4 is 4.74 Å². The van der Waals surface area contributed by atoms with Crippen molar-refractivity contribution in [2.45, 2.75) is 6.61 Å². The van der Waals surface area contributed by atoms with Gasteiger partial charge < -0.3 is 4.74 Å². The number of alkyl halides is 2. The molecule has 0 aromatic heterocycles. The van der Waals surface area contributed by atoms with Gasteiger partial charge in [-0.1, -0.05) is 29.4 Å². The molecule has 0 fully saturated rings. The van der Waals surface area contributed by atoms with E-state index in [-0.39, 0.29) is 12.3 Å². The highest BCUT2D eigenvalue weighted by molar-refractivity contribution is 5.50.